The summed E-state index contributed by atoms with van der Waals surface area (Å²) in [5.74, 6) is 0. The van der Waals surface area contributed by atoms with Crippen molar-refractivity contribution in [3.63, 3.8) is 0 Å². The monoisotopic (exact) mass is 207 g/mol. The summed E-state index contributed by atoms with van der Waals surface area (Å²) in [7, 11) is 0. The lowest BCUT2D eigenvalue weighted by atomic mass is 10.3. The number of nitrogens with one attached hydrogen (secondary N) is 1. The van der Waals surface area contributed by atoms with Crippen molar-refractivity contribution in [3.8, 4) is 0 Å². The summed E-state index contributed by atoms with van der Waals surface area (Å²) < 4.78 is 22.5. The van der Waals surface area contributed by atoms with Gasteiger partial charge in [0.2, 0.25) is 0 Å². The van der Waals surface area contributed by atoms with Crippen molar-refractivity contribution < 1.29 is 8.76 Å². The Bertz CT molecular complexity index is 140. The molecule has 0 saturated heterocycles. The highest BCUT2D eigenvalue weighted by Gasteiger charge is 1.97. The van der Waals surface area contributed by atoms with Crippen LogP contribution in [0.5, 0.6) is 0 Å². The SMILES string of the molecule is CCN(CC)CCCCNS(=O)[O-]. The Hall–Kier alpha value is 0.0300. The topological polar surface area (TPSA) is 55.4 Å². The summed E-state index contributed by atoms with van der Waals surface area (Å²) in [5.41, 5.74) is 0. The first-order chi connectivity index (χ1) is 6.20. The fraction of sp³-hybridized carbons (Fsp3) is 1.00. The predicted octanol–water partition coefficient (Wildman–Crippen LogP) is 0.492. The van der Waals surface area contributed by atoms with Crippen LogP contribution in [0.2, 0.25) is 0 Å². The molecule has 0 heterocycles. The van der Waals surface area contributed by atoms with Crippen LogP contribution in [0, 0.1) is 0 Å². The average Bonchev–Trinajstić information content (AvgIpc) is 2.11. The van der Waals surface area contributed by atoms with Gasteiger partial charge in [-0.05, 0) is 32.5 Å². The third-order valence-electron chi connectivity index (χ3n) is 2.02. The van der Waals surface area contributed by atoms with Crippen molar-refractivity contribution >= 4 is 11.3 Å². The van der Waals surface area contributed by atoms with E-state index in [4.69, 9.17) is 0 Å². The van der Waals surface area contributed by atoms with Gasteiger partial charge in [-0.15, -0.1) is 0 Å². The molecule has 0 rings (SSSR count). The second kappa shape index (κ2) is 8.62. The molecule has 1 unspecified atom stereocenters. The van der Waals surface area contributed by atoms with Crippen LogP contribution in [0.4, 0.5) is 0 Å². The zero-order valence-corrected chi connectivity index (χ0v) is 9.23. The first kappa shape index (κ1) is 13.0. The number of unbranched alkanes of at least 4 members (excludes halogenated alkanes) is 1. The minimum absolute atomic E-state index is 0.553. The van der Waals surface area contributed by atoms with Crippen molar-refractivity contribution in [1.82, 2.24) is 9.62 Å². The molecule has 0 saturated carbocycles. The minimum atomic E-state index is -2.10. The van der Waals surface area contributed by atoms with Crippen LogP contribution in [0.1, 0.15) is 26.7 Å². The highest BCUT2D eigenvalue weighted by molar-refractivity contribution is 7.77. The van der Waals surface area contributed by atoms with Crippen molar-refractivity contribution in [2.24, 2.45) is 0 Å². The summed E-state index contributed by atoms with van der Waals surface area (Å²) in [6, 6.07) is 0. The van der Waals surface area contributed by atoms with Gasteiger partial charge in [0, 0.05) is 17.8 Å². The Morgan fingerprint density at radius 1 is 1.31 bits per heavy atom. The van der Waals surface area contributed by atoms with E-state index >= 15 is 0 Å². The molecule has 0 radical (unpaired) electrons. The Labute approximate surface area is 83.1 Å². The van der Waals surface area contributed by atoms with Gasteiger partial charge in [-0.2, -0.15) is 0 Å². The molecule has 0 fully saturated rings. The summed E-state index contributed by atoms with van der Waals surface area (Å²) >= 11 is -2.10. The van der Waals surface area contributed by atoms with Crippen LogP contribution >= 0.6 is 0 Å². The van der Waals surface area contributed by atoms with Gasteiger partial charge in [-0.1, -0.05) is 13.8 Å². The number of hydrogen-bond acceptors (Lipinski definition) is 3. The van der Waals surface area contributed by atoms with Gasteiger partial charge in [0.05, 0.1) is 0 Å². The van der Waals surface area contributed by atoms with Gasteiger partial charge in [0.15, 0.2) is 0 Å². The van der Waals surface area contributed by atoms with Gasteiger partial charge in [0.1, 0.15) is 0 Å². The Balaban J connectivity index is 3.19. The number of hydrogen-bond donors (Lipinski definition) is 1. The molecule has 0 amide bonds. The van der Waals surface area contributed by atoms with E-state index in [1.807, 2.05) is 0 Å². The smallest absolute Gasteiger partial charge is 0.0181 e. The van der Waals surface area contributed by atoms with Crippen LogP contribution in [0.15, 0.2) is 0 Å². The van der Waals surface area contributed by atoms with E-state index < -0.39 is 11.3 Å². The van der Waals surface area contributed by atoms with Crippen molar-refractivity contribution in [2.75, 3.05) is 26.2 Å². The highest BCUT2D eigenvalue weighted by atomic mass is 32.2. The van der Waals surface area contributed by atoms with E-state index in [1.165, 1.54) is 0 Å². The second-order valence-electron chi connectivity index (χ2n) is 2.86. The van der Waals surface area contributed by atoms with Crippen LogP contribution in [0.25, 0.3) is 0 Å². The third-order valence-corrected chi connectivity index (χ3v) is 2.46. The lowest BCUT2D eigenvalue weighted by molar-refractivity contribution is 0.297. The molecule has 0 aromatic rings. The maximum atomic E-state index is 10.1. The second-order valence-corrected chi connectivity index (χ2v) is 3.62. The molecule has 80 valence electrons. The third kappa shape index (κ3) is 8.36. The van der Waals surface area contributed by atoms with E-state index in [0.717, 1.165) is 32.5 Å². The highest BCUT2D eigenvalue weighted by Crippen LogP contribution is 1.93. The molecule has 1 N–H and O–H groups in total. The average molecular weight is 207 g/mol. The molecule has 0 aliphatic rings. The summed E-state index contributed by atoms with van der Waals surface area (Å²) in [5, 5.41) is 0. The lowest BCUT2D eigenvalue weighted by Gasteiger charge is -2.17. The van der Waals surface area contributed by atoms with Crippen molar-refractivity contribution in [1.29, 1.82) is 0 Å². The molecule has 0 aromatic carbocycles. The van der Waals surface area contributed by atoms with Crippen LogP contribution in [-0.2, 0) is 11.3 Å². The zero-order valence-electron chi connectivity index (χ0n) is 8.41. The summed E-state index contributed by atoms with van der Waals surface area (Å²) in [4.78, 5) is 2.33. The Morgan fingerprint density at radius 3 is 2.38 bits per heavy atom. The van der Waals surface area contributed by atoms with E-state index in [1.54, 1.807) is 0 Å². The van der Waals surface area contributed by atoms with Crippen molar-refractivity contribution in [3.05, 3.63) is 0 Å². The normalized spacial score (nSPS) is 13.5. The Kier molecular flexibility index (Phi) is 8.64. The van der Waals surface area contributed by atoms with Crippen LogP contribution in [-0.4, -0.2) is 39.8 Å². The quantitative estimate of drug-likeness (QED) is 0.465. The molecule has 0 aliphatic carbocycles. The lowest BCUT2D eigenvalue weighted by Crippen LogP contribution is -2.25. The van der Waals surface area contributed by atoms with Gasteiger partial charge in [-0.25, -0.2) is 4.72 Å². The molecule has 0 aromatic heterocycles. The number of rotatable bonds is 8. The molecule has 5 heteroatoms. The molecule has 13 heavy (non-hydrogen) atoms. The van der Waals surface area contributed by atoms with Crippen LogP contribution in [0.3, 0.4) is 0 Å². The standard InChI is InChI=1S/C8H20N2O2S/c1-3-10(4-2)8-6-5-7-9-13(11)12/h9H,3-8H2,1-2H3,(H,11,12)/p-1. The van der Waals surface area contributed by atoms with Gasteiger partial charge in [-0.3, -0.25) is 4.21 Å². The van der Waals surface area contributed by atoms with Gasteiger partial charge in [0.25, 0.3) is 0 Å². The summed E-state index contributed by atoms with van der Waals surface area (Å²) in [6.45, 7) is 8.01. The zero-order chi connectivity index (χ0) is 10.1. The maximum absolute atomic E-state index is 10.1. The molecular weight excluding hydrogens is 188 g/mol. The fourth-order valence-corrected chi connectivity index (χ4v) is 1.47. The molecule has 0 bridgehead atoms. The van der Waals surface area contributed by atoms with E-state index in [-0.39, 0.29) is 0 Å². The minimum Gasteiger partial charge on any atom is -0.760 e. The van der Waals surface area contributed by atoms with Crippen LogP contribution < -0.4 is 4.72 Å². The molecule has 4 nitrogen and oxygen atoms in total. The van der Waals surface area contributed by atoms with Gasteiger partial charge < -0.3 is 9.45 Å². The van der Waals surface area contributed by atoms with E-state index in [2.05, 4.69) is 23.5 Å². The fourth-order valence-electron chi connectivity index (χ4n) is 1.16. The van der Waals surface area contributed by atoms with Gasteiger partial charge >= 0.3 is 0 Å². The Morgan fingerprint density at radius 2 is 1.92 bits per heavy atom. The molecule has 0 aliphatic heterocycles. The van der Waals surface area contributed by atoms with E-state index in [9.17, 15) is 8.76 Å². The summed E-state index contributed by atoms with van der Waals surface area (Å²) in [6.07, 6.45) is 1.95. The largest absolute Gasteiger partial charge is 0.760 e. The predicted molar refractivity (Wildman–Crippen MR) is 53.9 cm³/mol. The molecule has 1 atom stereocenters. The first-order valence-electron chi connectivity index (χ1n) is 4.75. The first-order valence-corrected chi connectivity index (χ1v) is 5.83. The van der Waals surface area contributed by atoms with E-state index in [0.29, 0.717) is 6.54 Å². The molecular formula is C8H19N2O2S-. The maximum Gasteiger partial charge on any atom is 0.0181 e. The number of nitrogens with zero attached hydrogens (tertiary/aromatic N) is 1. The van der Waals surface area contributed by atoms with Crippen molar-refractivity contribution in [2.45, 2.75) is 26.7 Å². The molecule has 0 spiro atoms.